The molecule has 20 heavy (non-hydrogen) atoms. The van der Waals surface area contributed by atoms with Gasteiger partial charge in [-0.1, -0.05) is 30.3 Å². The molecule has 0 saturated carbocycles. The van der Waals surface area contributed by atoms with Crippen molar-refractivity contribution < 1.29 is 13.5 Å². The van der Waals surface area contributed by atoms with E-state index >= 15 is 0 Å². The topological polar surface area (TPSA) is 92.4 Å². The van der Waals surface area contributed by atoms with Gasteiger partial charge >= 0.3 is 0 Å². The van der Waals surface area contributed by atoms with Crippen molar-refractivity contribution in [2.24, 2.45) is 0 Å². The fraction of sp³-hybridized carbons (Fsp3) is 0.143. The van der Waals surface area contributed by atoms with Gasteiger partial charge in [-0.2, -0.15) is 0 Å². The molecule has 0 radical (unpaired) electrons. The van der Waals surface area contributed by atoms with Gasteiger partial charge in [0.25, 0.3) is 0 Å². The molecule has 0 spiro atoms. The van der Waals surface area contributed by atoms with Gasteiger partial charge in [-0.25, -0.2) is 8.42 Å². The molecule has 0 atom stereocenters. The van der Waals surface area contributed by atoms with Crippen LogP contribution in [0.1, 0.15) is 5.56 Å². The van der Waals surface area contributed by atoms with Crippen molar-refractivity contribution >= 4 is 21.4 Å². The minimum Gasteiger partial charge on any atom is -0.508 e. The molecule has 4 N–H and O–H groups in total. The Bertz CT molecular complexity index is 685. The van der Waals surface area contributed by atoms with Crippen LogP contribution in [0.25, 0.3) is 0 Å². The smallest absolute Gasteiger partial charge is 0.233 e. The molecule has 2 aromatic rings. The number of aryl methyl sites for hydroxylation is 1. The maximum atomic E-state index is 12.0. The molecular formula is C14H16N2O3S. The maximum Gasteiger partial charge on any atom is 0.233 e. The van der Waals surface area contributed by atoms with E-state index in [-0.39, 0.29) is 22.9 Å². The number of rotatable bonds is 5. The Kier molecular flexibility index (Phi) is 4.14. The van der Waals surface area contributed by atoms with Crippen LogP contribution in [0.3, 0.4) is 0 Å². The number of anilines is 2. The first-order valence-electron chi connectivity index (χ1n) is 6.09. The minimum atomic E-state index is -3.48. The van der Waals surface area contributed by atoms with E-state index in [9.17, 15) is 13.5 Å². The molecule has 0 aliphatic rings. The van der Waals surface area contributed by atoms with Crippen LogP contribution >= 0.6 is 0 Å². The second-order valence-corrected chi connectivity index (χ2v) is 6.27. The van der Waals surface area contributed by atoms with E-state index in [4.69, 9.17) is 5.73 Å². The molecule has 6 heteroatoms. The Morgan fingerprint density at radius 3 is 2.45 bits per heavy atom. The van der Waals surface area contributed by atoms with E-state index < -0.39 is 10.0 Å². The number of nitrogens with one attached hydrogen (secondary N) is 1. The molecule has 2 aromatic carbocycles. The van der Waals surface area contributed by atoms with Crippen LogP contribution in [0.15, 0.2) is 48.5 Å². The molecule has 0 aliphatic carbocycles. The first kappa shape index (κ1) is 14.2. The molecule has 0 bridgehead atoms. The summed E-state index contributed by atoms with van der Waals surface area (Å²) in [5.74, 6) is -0.0353. The lowest BCUT2D eigenvalue weighted by atomic mass is 10.2. The lowest BCUT2D eigenvalue weighted by Gasteiger charge is -2.10. The number of phenols is 1. The molecule has 106 valence electrons. The number of nitrogens with two attached hydrogens (primary N) is 1. The summed E-state index contributed by atoms with van der Waals surface area (Å²) in [6.45, 7) is 0. The number of hydrogen-bond donors (Lipinski definition) is 3. The van der Waals surface area contributed by atoms with E-state index in [1.54, 1.807) is 0 Å². The Morgan fingerprint density at radius 2 is 1.80 bits per heavy atom. The van der Waals surface area contributed by atoms with Gasteiger partial charge in [0.1, 0.15) is 5.75 Å². The van der Waals surface area contributed by atoms with Crippen molar-refractivity contribution in [3.05, 3.63) is 54.1 Å². The Hall–Kier alpha value is -2.21. The fourth-order valence-corrected chi connectivity index (χ4v) is 2.89. The zero-order chi connectivity index (χ0) is 14.6. The standard InChI is InChI=1S/C14H16N2O3S/c15-13-10-12(17)6-7-14(13)16-20(18,19)9-8-11-4-2-1-3-5-11/h1-7,10,16-17H,8-9,15H2. The first-order valence-corrected chi connectivity index (χ1v) is 7.74. The van der Waals surface area contributed by atoms with E-state index in [1.807, 2.05) is 30.3 Å². The number of phenolic OH excluding ortho intramolecular Hbond substituents is 1. The van der Waals surface area contributed by atoms with Crippen LogP contribution in [0.5, 0.6) is 5.75 Å². The predicted molar refractivity (Wildman–Crippen MR) is 80.1 cm³/mol. The summed E-state index contributed by atoms with van der Waals surface area (Å²) >= 11 is 0. The second-order valence-electron chi connectivity index (χ2n) is 4.43. The molecule has 0 aromatic heterocycles. The summed E-state index contributed by atoms with van der Waals surface area (Å²) in [5.41, 5.74) is 7.07. The van der Waals surface area contributed by atoms with Gasteiger partial charge in [0.2, 0.25) is 10.0 Å². The normalized spacial score (nSPS) is 11.2. The predicted octanol–water partition coefficient (Wildman–Crippen LogP) is 1.96. The van der Waals surface area contributed by atoms with Gasteiger partial charge in [-0.3, -0.25) is 4.72 Å². The minimum absolute atomic E-state index is 0.00488. The molecule has 0 aliphatic heterocycles. The highest BCUT2D eigenvalue weighted by Crippen LogP contribution is 2.24. The van der Waals surface area contributed by atoms with E-state index in [1.165, 1.54) is 18.2 Å². The third kappa shape index (κ3) is 3.89. The van der Waals surface area contributed by atoms with Gasteiger partial charge in [0, 0.05) is 6.07 Å². The lowest BCUT2D eigenvalue weighted by Crippen LogP contribution is -2.19. The van der Waals surface area contributed by atoms with Gasteiger partial charge in [0.05, 0.1) is 17.1 Å². The van der Waals surface area contributed by atoms with Crippen LogP contribution in [0.2, 0.25) is 0 Å². The molecule has 0 amide bonds. The highest BCUT2D eigenvalue weighted by atomic mass is 32.2. The van der Waals surface area contributed by atoms with Gasteiger partial charge in [-0.05, 0) is 24.1 Å². The third-order valence-electron chi connectivity index (χ3n) is 2.80. The molecule has 0 unspecified atom stereocenters. The Labute approximate surface area is 118 Å². The average Bonchev–Trinajstić information content (AvgIpc) is 2.41. The van der Waals surface area contributed by atoms with Crippen molar-refractivity contribution in [1.29, 1.82) is 0 Å². The molecule has 2 rings (SSSR count). The summed E-state index contributed by atoms with van der Waals surface area (Å²) in [5, 5.41) is 9.23. The number of hydrogen-bond acceptors (Lipinski definition) is 4. The van der Waals surface area contributed by atoms with Crippen LogP contribution in [-0.4, -0.2) is 19.3 Å². The molecule has 0 fully saturated rings. The highest BCUT2D eigenvalue weighted by Gasteiger charge is 2.12. The zero-order valence-electron chi connectivity index (χ0n) is 10.8. The number of aromatic hydroxyl groups is 1. The van der Waals surface area contributed by atoms with Gasteiger partial charge in [0.15, 0.2) is 0 Å². The summed E-state index contributed by atoms with van der Waals surface area (Å²) < 4.78 is 26.4. The van der Waals surface area contributed by atoms with E-state index in [2.05, 4.69) is 4.72 Å². The quantitative estimate of drug-likeness (QED) is 0.580. The van der Waals surface area contributed by atoms with E-state index in [0.717, 1.165) is 5.56 Å². The van der Waals surface area contributed by atoms with Gasteiger partial charge < -0.3 is 10.8 Å². The average molecular weight is 292 g/mol. The third-order valence-corrected chi connectivity index (χ3v) is 4.08. The Balaban J connectivity index is 2.04. The fourth-order valence-electron chi connectivity index (χ4n) is 1.76. The number of sulfonamides is 1. The van der Waals surface area contributed by atoms with Gasteiger partial charge in [-0.15, -0.1) is 0 Å². The van der Waals surface area contributed by atoms with Crippen LogP contribution in [-0.2, 0) is 16.4 Å². The summed E-state index contributed by atoms with van der Waals surface area (Å²) in [6, 6.07) is 13.5. The highest BCUT2D eigenvalue weighted by molar-refractivity contribution is 7.92. The Morgan fingerprint density at radius 1 is 1.10 bits per heavy atom. The molecular weight excluding hydrogens is 276 g/mol. The number of nitrogen functional groups attached to an aromatic ring is 1. The number of benzene rings is 2. The molecule has 0 saturated heterocycles. The summed E-state index contributed by atoms with van der Waals surface area (Å²) in [4.78, 5) is 0. The molecule has 0 heterocycles. The van der Waals surface area contributed by atoms with Crippen LogP contribution < -0.4 is 10.5 Å². The summed E-state index contributed by atoms with van der Waals surface area (Å²) in [7, 11) is -3.48. The summed E-state index contributed by atoms with van der Waals surface area (Å²) in [6.07, 6.45) is 0.425. The van der Waals surface area contributed by atoms with Crippen LogP contribution in [0, 0.1) is 0 Å². The first-order chi connectivity index (χ1) is 9.46. The lowest BCUT2D eigenvalue weighted by molar-refractivity contribution is 0.475. The van der Waals surface area contributed by atoms with Crippen LogP contribution in [0.4, 0.5) is 11.4 Å². The monoisotopic (exact) mass is 292 g/mol. The van der Waals surface area contributed by atoms with Crippen molar-refractivity contribution in [3.8, 4) is 5.75 Å². The van der Waals surface area contributed by atoms with E-state index in [0.29, 0.717) is 6.42 Å². The largest absolute Gasteiger partial charge is 0.508 e. The van der Waals surface area contributed by atoms with Crippen molar-refractivity contribution in [1.82, 2.24) is 0 Å². The SMILES string of the molecule is Nc1cc(O)ccc1NS(=O)(=O)CCc1ccccc1. The van der Waals surface area contributed by atoms with Crippen molar-refractivity contribution in [2.45, 2.75) is 6.42 Å². The second kappa shape index (κ2) is 5.83. The maximum absolute atomic E-state index is 12.0. The van der Waals surface area contributed by atoms with Crippen molar-refractivity contribution in [2.75, 3.05) is 16.2 Å². The molecule has 5 nitrogen and oxygen atoms in total. The zero-order valence-corrected chi connectivity index (χ0v) is 11.6. The van der Waals surface area contributed by atoms with Crippen molar-refractivity contribution in [3.63, 3.8) is 0 Å².